The van der Waals surface area contributed by atoms with Crippen molar-refractivity contribution in [1.82, 2.24) is 0 Å². The molecule has 0 spiro atoms. The summed E-state index contributed by atoms with van der Waals surface area (Å²) in [6.45, 7) is 11.9. The lowest BCUT2D eigenvalue weighted by Crippen LogP contribution is -3.06. The summed E-state index contributed by atoms with van der Waals surface area (Å²) in [5.41, 5.74) is 0. The highest BCUT2D eigenvalue weighted by Crippen LogP contribution is 2.10. The van der Waals surface area contributed by atoms with Gasteiger partial charge in [-0.15, -0.1) is 0 Å². The standard InChI is InChI=1S/2C10H23N.ClH.H/c2*1-5-7-8-10(6-2)9-11(3)4;;/h2*10H,5-9H2,1-4H3;1H;/q;;;-1/p+1. The first-order valence-corrected chi connectivity index (χ1v) is 9.99. The van der Waals surface area contributed by atoms with Crippen molar-refractivity contribution in [1.29, 1.82) is 0 Å². The van der Waals surface area contributed by atoms with Gasteiger partial charge in [0.1, 0.15) is 0 Å². The maximum Gasteiger partial charge on any atom is 0.0795 e. The van der Waals surface area contributed by atoms with Gasteiger partial charge in [-0.05, 0) is 25.7 Å². The van der Waals surface area contributed by atoms with Gasteiger partial charge >= 0.3 is 0 Å². The lowest BCUT2D eigenvalue weighted by molar-refractivity contribution is -0.862. The fourth-order valence-electron chi connectivity index (χ4n) is 3.04. The highest BCUT2D eigenvalue weighted by atomic mass is 35.5. The van der Waals surface area contributed by atoms with Gasteiger partial charge < -0.3 is 23.6 Å². The SMILES string of the molecule is CCCCC(CC)C[NH+](C)C.CCCCC(CC)C[NH+](C)C.[Cl-].[H-]. The Kier molecular flexibility index (Phi) is 24.7. The largest absolute Gasteiger partial charge is 1.00 e. The third-order valence-corrected chi connectivity index (χ3v) is 4.48. The van der Waals surface area contributed by atoms with E-state index in [-0.39, 0.29) is 13.8 Å². The Balaban J connectivity index is -0.000000154. The van der Waals surface area contributed by atoms with E-state index in [9.17, 15) is 0 Å². The van der Waals surface area contributed by atoms with Crippen LogP contribution in [0.15, 0.2) is 0 Å². The van der Waals surface area contributed by atoms with Crippen molar-refractivity contribution in [3.63, 3.8) is 0 Å². The molecule has 0 fully saturated rings. The van der Waals surface area contributed by atoms with Crippen LogP contribution in [-0.2, 0) is 0 Å². The molecule has 2 nitrogen and oxygen atoms in total. The summed E-state index contributed by atoms with van der Waals surface area (Å²) in [5.74, 6) is 1.92. The summed E-state index contributed by atoms with van der Waals surface area (Å²) in [5, 5.41) is 0. The molecule has 0 aromatic carbocycles. The Bertz CT molecular complexity index is 192. The molecule has 23 heavy (non-hydrogen) atoms. The van der Waals surface area contributed by atoms with E-state index >= 15 is 0 Å². The van der Waals surface area contributed by atoms with Crippen molar-refractivity contribution in [2.45, 2.75) is 79.1 Å². The van der Waals surface area contributed by atoms with E-state index in [0.29, 0.717) is 0 Å². The minimum Gasteiger partial charge on any atom is -1.00 e. The van der Waals surface area contributed by atoms with E-state index < -0.39 is 0 Å². The number of hydrogen-bond acceptors (Lipinski definition) is 0. The Morgan fingerprint density at radius 3 is 1.13 bits per heavy atom. The molecule has 0 aliphatic rings. The molecule has 146 valence electrons. The summed E-state index contributed by atoms with van der Waals surface area (Å²) in [4.78, 5) is 3.18. The number of halogens is 1. The molecule has 0 aromatic heterocycles. The summed E-state index contributed by atoms with van der Waals surface area (Å²) in [6.07, 6.45) is 11.1. The molecule has 0 aliphatic heterocycles. The zero-order valence-corrected chi connectivity index (χ0v) is 18.4. The van der Waals surface area contributed by atoms with Crippen molar-refractivity contribution in [2.24, 2.45) is 11.8 Å². The molecule has 0 saturated carbocycles. The summed E-state index contributed by atoms with van der Waals surface area (Å²) >= 11 is 0. The summed E-state index contributed by atoms with van der Waals surface area (Å²) < 4.78 is 0. The number of nitrogens with one attached hydrogen (secondary N) is 2. The number of quaternary nitrogens is 2. The predicted octanol–water partition coefficient (Wildman–Crippen LogP) is -0.189. The molecular formula is C20H49ClN2. The maximum absolute atomic E-state index is 2.31. The molecule has 0 radical (unpaired) electrons. The van der Waals surface area contributed by atoms with E-state index in [1.54, 1.807) is 9.80 Å². The maximum atomic E-state index is 2.31. The minimum atomic E-state index is 0. The lowest BCUT2D eigenvalue weighted by atomic mass is 9.99. The summed E-state index contributed by atoms with van der Waals surface area (Å²) in [7, 11) is 8.98. The molecule has 0 saturated heterocycles. The molecular weight excluding hydrogens is 304 g/mol. The lowest BCUT2D eigenvalue weighted by Gasteiger charge is -2.16. The highest BCUT2D eigenvalue weighted by Gasteiger charge is 2.09. The van der Waals surface area contributed by atoms with Gasteiger partial charge in [0.25, 0.3) is 0 Å². The molecule has 0 aliphatic carbocycles. The van der Waals surface area contributed by atoms with E-state index in [1.165, 1.54) is 64.5 Å². The zero-order valence-electron chi connectivity index (χ0n) is 18.6. The molecule has 0 aromatic rings. The van der Waals surface area contributed by atoms with Crippen molar-refractivity contribution in [3.05, 3.63) is 0 Å². The normalized spacial score (nSPS) is 13.3. The van der Waals surface area contributed by atoms with Crippen LogP contribution in [0.4, 0.5) is 0 Å². The molecule has 2 atom stereocenters. The van der Waals surface area contributed by atoms with Gasteiger partial charge in [0, 0.05) is 11.8 Å². The zero-order chi connectivity index (χ0) is 17.4. The molecule has 0 heterocycles. The first-order valence-electron chi connectivity index (χ1n) is 9.99. The van der Waals surface area contributed by atoms with Crippen LogP contribution in [0.25, 0.3) is 0 Å². The highest BCUT2D eigenvalue weighted by molar-refractivity contribution is 4.54. The molecule has 0 amide bonds. The van der Waals surface area contributed by atoms with Gasteiger partial charge in [-0.3, -0.25) is 0 Å². The Morgan fingerprint density at radius 1 is 0.652 bits per heavy atom. The average Bonchev–Trinajstić information content (AvgIpc) is 2.47. The molecule has 2 N–H and O–H groups in total. The Morgan fingerprint density at radius 2 is 0.957 bits per heavy atom. The summed E-state index contributed by atoms with van der Waals surface area (Å²) in [6, 6.07) is 0. The second kappa shape index (κ2) is 20.3. The van der Waals surface area contributed by atoms with Crippen LogP contribution >= 0.6 is 0 Å². The third-order valence-electron chi connectivity index (χ3n) is 4.48. The number of hydrogen-bond donors (Lipinski definition) is 2. The smallest absolute Gasteiger partial charge is 0.0795 e. The molecule has 0 bridgehead atoms. The fraction of sp³-hybridized carbons (Fsp3) is 1.00. The number of unbranched alkanes of at least 4 members (excludes halogenated alkanes) is 2. The van der Waals surface area contributed by atoms with Gasteiger partial charge in [0.05, 0.1) is 41.3 Å². The monoisotopic (exact) mass is 352 g/mol. The van der Waals surface area contributed by atoms with Crippen LogP contribution in [0.5, 0.6) is 0 Å². The average molecular weight is 353 g/mol. The number of rotatable bonds is 12. The van der Waals surface area contributed by atoms with Crippen LogP contribution in [-0.4, -0.2) is 41.3 Å². The van der Waals surface area contributed by atoms with Gasteiger partial charge in [-0.2, -0.15) is 0 Å². The first-order chi connectivity index (χ1) is 10.4. The Hall–Kier alpha value is 0.210. The van der Waals surface area contributed by atoms with Gasteiger partial charge in [0.15, 0.2) is 0 Å². The van der Waals surface area contributed by atoms with Crippen LogP contribution < -0.4 is 22.2 Å². The van der Waals surface area contributed by atoms with E-state index in [1.807, 2.05) is 0 Å². The Labute approximate surface area is 156 Å². The van der Waals surface area contributed by atoms with Crippen molar-refractivity contribution >= 4 is 0 Å². The second-order valence-corrected chi connectivity index (χ2v) is 7.66. The first kappa shape index (κ1) is 28.0. The van der Waals surface area contributed by atoms with Crippen molar-refractivity contribution in [3.8, 4) is 0 Å². The van der Waals surface area contributed by atoms with Crippen LogP contribution in [0, 0.1) is 11.8 Å². The van der Waals surface area contributed by atoms with Crippen molar-refractivity contribution in [2.75, 3.05) is 41.3 Å². The van der Waals surface area contributed by atoms with E-state index in [4.69, 9.17) is 0 Å². The molecule has 0 rings (SSSR count). The quantitative estimate of drug-likeness (QED) is 0.482. The minimum absolute atomic E-state index is 0. The predicted molar refractivity (Wildman–Crippen MR) is 103 cm³/mol. The topological polar surface area (TPSA) is 8.88 Å². The fourth-order valence-corrected chi connectivity index (χ4v) is 3.04. The van der Waals surface area contributed by atoms with Gasteiger partial charge in [0.2, 0.25) is 0 Å². The third kappa shape index (κ3) is 22.2. The van der Waals surface area contributed by atoms with Crippen LogP contribution in [0.2, 0.25) is 0 Å². The van der Waals surface area contributed by atoms with Gasteiger partial charge in [-0.25, -0.2) is 0 Å². The second-order valence-electron chi connectivity index (χ2n) is 7.66. The van der Waals surface area contributed by atoms with Gasteiger partial charge in [-0.1, -0.05) is 53.4 Å². The molecule has 2 unspecified atom stereocenters. The van der Waals surface area contributed by atoms with Crippen molar-refractivity contribution < 1.29 is 23.6 Å². The van der Waals surface area contributed by atoms with E-state index in [2.05, 4.69) is 55.9 Å². The van der Waals surface area contributed by atoms with E-state index in [0.717, 1.165) is 11.8 Å². The molecule has 3 heteroatoms. The van der Waals surface area contributed by atoms with Crippen LogP contribution in [0.1, 0.15) is 80.5 Å². The van der Waals surface area contributed by atoms with Crippen LogP contribution in [0.3, 0.4) is 0 Å².